The van der Waals surface area contributed by atoms with Crippen LogP contribution in [0.3, 0.4) is 0 Å². The van der Waals surface area contributed by atoms with E-state index >= 15 is 0 Å². The summed E-state index contributed by atoms with van der Waals surface area (Å²) in [7, 11) is 3.09. The third kappa shape index (κ3) is 3.35. The van der Waals surface area contributed by atoms with Gasteiger partial charge in [-0.1, -0.05) is 12.1 Å². The molecule has 7 nitrogen and oxygen atoms in total. The van der Waals surface area contributed by atoms with Crippen molar-refractivity contribution in [3.8, 4) is 11.5 Å². The molecule has 3 aromatic rings. The number of ether oxygens (including phenoxy) is 3. The van der Waals surface area contributed by atoms with E-state index in [-0.39, 0.29) is 11.6 Å². The van der Waals surface area contributed by atoms with Gasteiger partial charge < -0.3 is 14.2 Å². The molecule has 0 saturated heterocycles. The van der Waals surface area contributed by atoms with Crippen LogP contribution in [0.15, 0.2) is 59.4 Å². The number of para-hydroxylation sites is 2. The van der Waals surface area contributed by atoms with Crippen LogP contribution in [0.25, 0.3) is 17.1 Å². The highest BCUT2D eigenvalue weighted by Crippen LogP contribution is 2.26. The molecule has 0 N–H and O–H groups in total. The van der Waals surface area contributed by atoms with Crippen molar-refractivity contribution in [2.24, 2.45) is 4.99 Å². The molecule has 27 heavy (non-hydrogen) atoms. The molecule has 1 aliphatic heterocycles. The molecule has 2 heterocycles. The Balaban J connectivity index is 1.71. The van der Waals surface area contributed by atoms with Gasteiger partial charge in [-0.25, -0.2) is 14.8 Å². The maximum absolute atomic E-state index is 12.2. The predicted molar refractivity (Wildman–Crippen MR) is 99.7 cm³/mol. The Morgan fingerprint density at radius 2 is 1.70 bits per heavy atom. The van der Waals surface area contributed by atoms with E-state index < -0.39 is 5.97 Å². The zero-order valence-corrected chi connectivity index (χ0v) is 14.7. The maximum Gasteiger partial charge on any atom is 0.363 e. The Labute approximate surface area is 155 Å². The molecule has 0 atom stereocenters. The summed E-state index contributed by atoms with van der Waals surface area (Å²) >= 11 is 0. The van der Waals surface area contributed by atoms with Gasteiger partial charge in [-0.3, -0.25) is 4.98 Å². The average Bonchev–Trinajstić information content (AvgIpc) is 3.07. The fourth-order valence-corrected chi connectivity index (χ4v) is 2.64. The van der Waals surface area contributed by atoms with Gasteiger partial charge in [0.25, 0.3) is 0 Å². The summed E-state index contributed by atoms with van der Waals surface area (Å²) in [4.78, 5) is 25.3. The van der Waals surface area contributed by atoms with Crippen LogP contribution in [0.1, 0.15) is 11.3 Å². The smallest absolute Gasteiger partial charge is 0.363 e. The molecule has 0 unspecified atom stereocenters. The minimum absolute atomic E-state index is 0.149. The minimum atomic E-state index is -0.554. The van der Waals surface area contributed by atoms with Crippen molar-refractivity contribution < 1.29 is 19.0 Å². The van der Waals surface area contributed by atoms with Crippen LogP contribution in [0.2, 0.25) is 0 Å². The zero-order valence-electron chi connectivity index (χ0n) is 14.7. The number of fused-ring (bicyclic) bond motifs is 1. The molecular weight excluding hydrogens is 346 g/mol. The quantitative estimate of drug-likeness (QED) is 0.525. The Kier molecular flexibility index (Phi) is 4.25. The van der Waals surface area contributed by atoms with Gasteiger partial charge >= 0.3 is 5.97 Å². The van der Waals surface area contributed by atoms with Gasteiger partial charge in [0.1, 0.15) is 11.5 Å². The first-order chi connectivity index (χ1) is 13.2. The highest BCUT2D eigenvalue weighted by Gasteiger charge is 2.25. The van der Waals surface area contributed by atoms with Crippen molar-refractivity contribution in [1.29, 1.82) is 0 Å². The fourth-order valence-electron chi connectivity index (χ4n) is 2.64. The molecule has 1 aromatic heterocycles. The number of hydrogen-bond donors (Lipinski definition) is 0. The van der Waals surface area contributed by atoms with Gasteiger partial charge in [-0.15, -0.1) is 0 Å². The Hall–Kier alpha value is -3.74. The molecule has 0 radical (unpaired) electrons. The Morgan fingerprint density at radius 3 is 2.41 bits per heavy atom. The molecule has 4 rings (SSSR count). The molecule has 0 aliphatic carbocycles. The second-order valence-electron chi connectivity index (χ2n) is 5.72. The first-order valence-electron chi connectivity index (χ1n) is 8.14. The van der Waals surface area contributed by atoms with E-state index in [0.717, 1.165) is 11.0 Å². The van der Waals surface area contributed by atoms with Gasteiger partial charge in [0.2, 0.25) is 5.90 Å². The van der Waals surface area contributed by atoms with Gasteiger partial charge in [-0.05, 0) is 30.3 Å². The number of carbonyl (C=O) groups excluding carboxylic acids is 1. The average molecular weight is 361 g/mol. The lowest BCUT2D eigenvalue weighted by Crippen LogP contribution is -2.06. The number of methoxy groups -OCH3 is 2. The molecule has 0 bridgehead atoms. The second kappa shape index (κ2) is 6.87. The Bertz CT molecular complexity index is 1080. The summed E-state index contributed by atoms with van der Waals surface area (Å²) in [6.07, 6.45) is 3.14. The molecule has 7 heteroatoms. The lowest BCUT2D eigenvalue weighted by Gasteiger charge is -2.07. The van der Waals surface area contributed by atoms with E-state index in [2.05, 4.69) is 15.0 Å². The van der Waals surface area contributed by atoms with Crippen molar-refractivity contribution in [2.75, 3.05) is 14.2 Å². The lowest BCUT2D eigenvalue weighted by atomic mass is 10.2. The normalized spacial score (nSPS) is 15.0. The monoisotopic (exact) mass is 361 g/mol. The summed E-state index contributed by atoms with van der Waals surface area (Å²) in [6.45, 7) is 0. The molecule has 0 spiro atoms. The SMILES string of the molecule is COc1cc(OC)cc(C2=N/C(=C\c3cnc4ccccc4n3)C(=O)O2)c1. The number of carbonyl (C=O) groups is 1. The van der Waals surface area contributed by atoms with Crippen molar-refractivity contribution in [2.45, 2.75) is 0 Å². The molecule has 0 amide bonds. The van der Waals surface area contributed by atoms with E-state index in [1.807, 2.05) is 24.3 Å². The van der Waals surface area contributed by atoms with Crippen molar-refractivity contribution in [3.05, 3.63) is 65.6 Å². The molecule has 0 saturated carbocycles. The number of cyclic esters (lactones) is 1. The molecule has 134 valence electrons. The van der Waals surface area contributed by atoms with Crippen molar-refractivity contribution >= 4 is 29.0 Å². The lowest BCUT2D eigenvalue weighted by molar-refractivity contribution is -0.129. The van der Waals surface area contributed by atoms with Crippen LogP contribution in [0.5, 0.6) is 11.5 Å². The third-order valence-corrected chi connectivity index (χ3v) is 3.97. The van der Waals surface area contributed by atoms with Crippen LogP contribution in [-0.4, -0.2) is 36.1 Å². The summed E-state index contributed by atoms with van der Waals surface area (Å²) in [5.74, 6) is 0.765. The van der Waals surface area contributed by atoms with E-state index in [4.69, 9.17) is 14.2 Å². The number of aromatic nitrogens is 2. The van der Waals surface area contributed by atoms with Gasteiger partial charge in [0.15, 0.2) is 5.70 Å². The van der Waals surface area contributed by atoms with Crippen LogP contribution in [-0.2, 0) is 9.53 Å². The third-order valence-electron chi connectivity index (χ3n) is 3.97. The van der Waals surface area contributed by atoms with E-state index in [9.17, 15) is 4.79 Å². The number of aliphatic imine (C=N–C) groups is 1. The first-order valence-corrected chi connectivity index (χ1v) is 8.14. The van der Waals surface area contributed by atoms with Gasteiger partial charge in [-0.2, -0.15) is 0 Å². The zero-order chi connectivity index (χ0) is 18.8. The topological polar surface area (TPSA) is 82.9 Å². The molecular formula is C20H15N3O4. The fraction of sp³-hybridized carbons (Fsp3) is 0.100. The second-order valence-corrected chi connectivity index (χ2v) is 5.72. The predicted octanol–water partition coefficient (Wildman–Crippen LogP) is 2.99. The van der Waals surface area contributed by atoms with Crippen molar-refractivity contribution in [1.82, 2.24) is 9.97 Å². The van der Waals surface area contributed by atoms with Gasteiger partial charge in [0, 0.05) is 11.6 Å². The maximum atomic E-state index is 12.2. The summed E-state index contributed by atoms with van der Waals surface area (Å²) < 4.78 is 15.8. The Morgan fingerprint density at radius 1 is 1.00 bits per heavy atom. The first kappa shape index (κ1) is 16.7. The number of rotatable bonds is 4. The molecule has 0 fully saturated rings. The van der Waals surface area contributed by atoms with Crippen molar-refractivity contribution in [3.63, 3.8) is 0 Å². The summed E-state index contributed by atoms with van der Waals surface area (Å²) in [5, 5.41) is 0. The number of hydrogen-bond acceptors (Lipinski definition) is 7. The summed E-state index contributed by atoms with van der Waals surface area (Å²) in [5.41, 5.74) is 2.76. The largest absolute Gasteiger partial charge is 0.497 e. The highest BCUT2D eigenvalue weighted by molar-refractivity contribution is 6.13. The van der Waals surface area contributed by atoms with E-state index in [0.29, 0.717) is 22.8 Å². The number of esters is 1. The van der Waals surface area contributed by atoms with Crippen LogP contribution >= 0.6 is 0 Å². The van der Waals surface area contributed by atoms with E-state index in [1.165, 1.54) is 0 Å². The van der Waals surface area contributed by atoms with E-state index in [1.54, 1.807) is 44.7 Å². The van der Waals surface area contributed by atoms with Crippen LogP contribution in [0.4, 0.5) is 0 Å². The van der Waals surface area contributed by atoms with Crippen LogP contribution < -0.4 is 9.47 Å². The highest BCUT2D eigenvalue weighted by atomic mass is 16.6. The standard InChI is InChI=1S/C20H15N3O4/c1-25-14-7-12(8-15(10-14)26-2)19-23-18(20(24)27-19)9-13-11-21-16-5-3-4-6-17(16)22-13/h3-11H,1-2H3/b18-9-. The van der Waals surface area contributed by atoms with Crippen LogP contribution in [0, 0.1) is 0 Å². The van der Waals surface area contributed by atoms with Gasteiger partial charge in [0.05, 0.1) is 37.1 Å². The number of benzene rings is 2. The molecule has 1 aliphatic rings. The summed E-state index contributed by atoms with van der Waals surface area (Å²) in [6, 6.07) is 12.7. The molecule has 2 aromatic carbocycles. The number of nitrogens with zero attached hydrogens (tertiary/aromatic N) is 3. The minimum Gasteiger partial charge on any atom is -0.497 e.